The van der Waals surface area contributed by atoms with E-state index in [0.29, 0.717) is 18.2 Å². The van der Waals surface area contributed by atoms with Crippen molar-refractivity contribution in [2.24, 2.45) is 0 Å². The minimum atomic E-state index is 0.0160. The van der Waals surface area contributed by atoms with Gasteiger partial charge in [-0.25, -0.2) is 0 Å². The number of phenolic OH excluding ortho intramolecular Hbond substituents is 1. The molecule has 2 aromatic rings. The van der Waals surface area contributed by atoms with Crippen LogP contribution in [0.1, 0.15) is 31.7 Å². The van der Waals surface area contributed by atoms with Crippen molar-refractivity contribution in [1.29, 1.82) is 0 Å². The van der Waals surface area contributed by atoms with Crippen LogP contribution >= 0.6 is 0 Å². The van der Waals surface area contributed by atoms with Crippen molar-refractivity contribution in [2.45, 2.75) is 26.2 Å². The number of amides is 1. The fraction of sp³-hybridized carbons (Fsp3) is 0.409. The predicted octanol–water partition coefficient (Wildman–Crippen LogP) is 3.67. The number of carbonyl (C=O) groups excluding carboxylic acids is 1. The highest BCUT2D eigenvalue weighted by molar-refractivity contribution is 5.92. The summed E-state index contributed by atoms with van der Waals surface area (Å²) in [6.45, 7) is 7.98. The maximum Gasteiger partial charge on any atom is 0.238 e. The van der Waals surface area contributed by atoms with E-state index in [4.69, 9.17) is 0 Å². The highest BCUT2D eigenvalue weighted by atomic mass is 16.3. The quantitative estimate of drug-likeness (QED) is 0.818. The molecule has 0 radical (unpaired) electrons. The molecule has 1 heterocycles. The van der Waals surface area contributed by atoms with Crippen LogP contribution in [0.15, 0.2) is 48.5 Å². The third kappa shape index (κ3) is 5.01. The molecule has 2 N–H and O–H groups in total. The molecule has 0 bridgehead atoms. The van der Waals surface area contributed by atoms with E-state index in [2.05, 4.69) is 41.1 Å². The van der Waals surface area contributed by atoms with Gasteiger partial charge in [0.05, 0.1) is 12.2 Å². The van der Waals surface area contributed by atoms with E-state index in [1.807, 2.05) is 30.3 Å². The van der Waals surface area contributed by atoms with Crippen LogP contribution in [0.5, 0.6) is 5.75 Å². The fourth-order valence-corrected chi connectivity index (χ4v) is 3.41. The monoisotopic (exact) mass is 367 g/mol. The van der Waals surface area contributed by atoms with E-state index in [9.17, 15) is 9.90 Å². The molecule has 5 heteroatoms. The summed E-state index contributed by atoms with van der Waals surface area (Å²) in [4.78, 5) is 16.7. The normalized spacial score (nSPS) is 16.1. The first-order valence-electron chi connectivity index (χ1n) is 9.72. The lowest BCUT2D eigenvalue weighted by Gasteiger charge is -2.35. The second kappa shape index (κ2) is 8.91. The molecule has 1 aliphatic rings. The van der Waals surface area contributed by atoms with Gasteiger partial charge in [-0.1, -0.05) is 38.1 Å². The first-order chi connectivity index (χ1) is 13.1. The summed E-state index contributed by atoms with van der Waals surface area (Å²) in [5.41, 5.74) is 3.01. The Morgan fingerprint density at radius 2 is 1.74 bits per heavy atom. The Kier molecular flexibility index (Phi) is 6.35. The number of hydrogen-bond acceptors (Lipinski definition) is 4. The Hall–Kier alpha value is -2.53. The highest BCUT2D eigenvalue weighted by Gasteiger charge is 2.20. The van der Waals surface area contributed by atoms with Gasteiger partial charge in [0.15, 0.2) is 0 Å². The highest BCUT2D eigenvalue weighted by Crippen LogP contribution is 2.27. The molecule has 1 fully saturated rings. The number of rotatable bonds is 6. The maximum absolute atomic E-state index is 12.4. The Labute approximate surface area is 161 Å². The summed E-state index contributed by atoms with van der Waals surface area (Å²) in [6.07, 6.45) is 1.11. The molecular formula is C22H29N3O2. The minimum Gasteiger partial charge on any atom is -0.506 e. The van der Waals surface area contributed by atoms with E-state index in [-0.39, 0.29) is 5.91 Å². The zero-order valence-electron chi connectivity index (χ0n) is 16.2. The van der Waals surface area contributed by atoms with Crippen molar-refractivity contribution in [3.8, 4) is 5.75 Å². The summed E-state index contributed by atoms with van der Waals surface area (Å²) < 4.78 is 0. The predicted molar refractivity (Wildman–Crippen MR) is 111 cm³/mol. The number of phenols is 1. The van der Waals surface area contributed by atoms with Crippen molar-refractivity contribution < 1.29 is 9.90 Å². The standard InChI is InChI=1S/C22H29N3O2/c1-3-17(2)18-8-10-19(11-9-18)23-22(27)16-24-12-14-25(15-13-24)20-6-4-5-7-21(20)26/h4-11,17,26H,3,12-16H2,1-2H3,(H,23,27)/t17-/m0/s1. The molecule has 3 rings (SSSR count). The van der Waals surface area contributed by atoms with Crippen molar-refractivity contribution in [3.05, 3.63) is 54.1 Å². The van der Waals surface area contributed by atoms with Gasteiger partial charge in [-0.2, -0.15) is 0 Å². The van der Waals surface area contributed by atoms with Gasteiger partial charge in [0.25, 0.3) is 0 Å². The molecule has 0 unspecified atom stereocenters. The van der Waals surface area contributed by atoms with Crippen molar-refractivity contribution in [1.82, 2.24) is 4.90 Å². The topological polar surface area (TPSA) is 55.8 Å². The summed E-state index contributed by atoms with van der Waals surface area (Å²) in [5.74, 6) is 0.863. The Morgan fingerprint density at radius 3 is 2.37 bits per heavy atom. The van der Waals surface area contributed by atoms with Gasteiger partial charge in [0, 0.05) is 31.9 Å². The lowest BCUT2D eigenvalue weighted by Crippen LogP contribution is -2.48. The van der Waals surface area contributed by atoms with Crippen LogP contribution in [0.3, 0.4) is 0 Å². The molecular weight excluding hydrogens is 338 g/mol. The number of nitrogens with zero attached hydrogens (tertiary/aromatic N) is 2. The Morgan fingerprint density at radius 1 is 1.07 bits per heavy atom. The number of carbonyl (C=O) groups is 1. The molecule has 0 spiro atoms. The van der Waals surface area contributed by atoms with Crippen molar-refractivity contribution in [3.63, 3.8) is 0 Å². The molecule has 1 saturated heterocycles. The zero-order chi connectivity index (χ0) is 19.2. The van der Waals surface area contributed by atoms with E-state index in [0.717, 1.165) is 44.0 Å². The Bertz CT molecular complexity index is 752. The minimum absolute atomic E-state index is 0.0160. The van der Waals surface area contributed by atoms with Crippen molar-refractivity contribution in [2.75, 3.05) is 42.9 Å². The van der Waals surface area contributed by atoms with Crippen LogP contribution in [0.25, 0.3) is 0 Å². The second-order valence-corrected chi connectivity index (χ2v) is 7.23. The number of nitrogens with one attached hydrogen (secondary N) is 1. The molecule has 144 valence electrons. The lowest BCUT2D eigenvalue weighted by molar-refractivity contribution is -0.117. The maximum atomic E-state index is 12.4. The van der Waals surface area contributed by atoms with Crippen LogP contribution in [-0.2, 0) is 4.79 Å². The molecule has 27 heavy (non-hydrogen) atoms. The summed E-state index contributed by atoms with van der Waals surface area (Å²) in [5, 5.41) is 13.0. The van der Waals surface area contributed by atoms with Gasteiger partial charge >= 0.3 is 0 Å². The average molecular weight is 367 g/mol. The van der Waals surface area contributed by atoms with Crippen LogP contribution in [0.2, 0.25) is 0 Å². The number of benzene rings is 2. The van der Waals surface area contributed by atoms with Gasteiger partial charge in [-0.05, 0) is 42.2 Å². The summed E-state index contributed by atoms with van der Waals surface area (Å²) >= 11 is 0. The number of anilines is 2. The molecule has 1 amide bonds. The number of piperazine rings is 1. The van der Waals surface area contributed by atoms with Crippen LogP contribution in [-0.4, -0.2) is 48.6 Å². The molecule has 1 aliphatic heterocycles. The van der Waals surface area contributed by atoms with Crippen LogP contribution in [0, 0.1) is 0 Å². The summed E-state index contributed by atoms with van der Waals surface area (Å²) in [7, 11) is 0. The van der Waals surface area contributed by atoms with Gasteiger partial charge < -0.3 is 15.3 Å². The fourth-order valence-electron chi connectivity index (χ4n) is 3.41. The van der Waals surface area contributed by atoms with Gasteiger partial charge in [0.2, 0.25) is 5.91 Å². The van der Waals surface area contributed by atoms with Crippen LogP contribution in [0.4, 0.5) is 11.4 Å². The first kappa shape index (κ1) is 19.2. The molecule has 2 aromatic carbocycles. The Balaban J connectivity index is 1.47. The van der Waals surface area contributed by atoms with Gasteiger partial charge in [0.1, 0.15) is 5.75 Å². The third-order valence-electron chi connectivity index (χ3n) is 5.34. The van der Waals surface area contributed by atoms with Gasteiger partial charge in [-0.15, -0.1) is 0 Å². The van der Waals surface area contributed by atoms with Gasteiger partial charge in [-0.3, -0.25) is 9.69 Å². The largest absolute Gasteiger partial charge is 0.506 e. The summed E-state index contributed by atoms with van der Waals surface area (Å²) in [6, 6.07) is 15.5. The number of para-hydroxylation sites is 2. The number of aromatic hydroxyl groups is 1. The van der Waals surface area contributed by atoms with E-state index >= 15 is 0 Å². The third-order valence-corrected chi connectivity index (χ3v) is 5.34. The zero-order valence-corrected chi connectivity index (χ0v) is 16.2. The van der Waals surface area contributed by atoms with E-state index in [1.165, 1.54) is 5.56 Å². The molecule has 0 aromatic heterocycles. The smallest absolute Gasteiger partial charge is 0.238 e. The molecule has 5 nitrogen and oxygen atoms in total. The average Bonchev–Trinajstić information content (AvgIpc) is 2.69. The first-order valence-corrected chi connectivity index (χ1v) is 9.72. The SMILES string of the molecule is CC[C@H](C)c1ccc(NC(=O)CN2CCN(c3ccccc3O)CC2)cc1. The van der Waals surface area contributed by atoms with E-state index in [1.54, 1.807) is 6.07 Å². The van der Waals surface area contributed by atoms with E-state index < -0.39 is 0 Å². The molecule has 0 aliphatic carbocycles. The second-order valence-electron chi connectivity index (χ2n) is 7.23. The molecule has 0 saturated carbocycles. The van der Waals surface area contributed by atoms with Crippen molar-refractivity contribution >= 4 is 17.3 Å². The lowest BCUT2D eigenvalue weighted by atomic mass is 9.99. The molecule has 1 atom stereocenters. The number of hydrogen-bond donors (Lipinski definition) is 2. The van der Waals surface area contributed by atoms with Crippen LogP contribution < -0.4 is 10.2 Å².